The molecule has 1 saturated carbocycles. The predicted molar refractivity (Wildman–Crippen MR) is 86.7 cm³/mol. The fourth-order valence-electron chi connectivity index (χ4n) is 3.94. The number of hydrogen-bond donors (Lipinski definition) is 0. The summed E-state index contributed by atoms with van der Waals surface area (Å²) in [4.78, 5) is 24.3. The molecule has 22 heavy (non-hydrogen) atoms. The quantitative estimate of drug-likeness (QED) is 0.854. The van der Waals surface area contributed by atoms with Gasteiger partial charge in [-0.3, -0.25) is 9.59 Å². The molecule has 2 nitrogen and oxygen atoms in total. The Bertz CT molecular complexity index is 614. The Balaban J connectivity index is 2.07. The van der Waals surface area contributed by atoms with Gasteiger partial charge in [0.15, 0.2) is 0 Å². The van der Waals surface area contributed by atoms with E-state index in [2.05, 4.69) is 24.3 Å². The van der Waals surface area contributed by atoms with Gasteiger partial charge in [-0.1, -0.05) is 60.7 Å². The highest BCUT2D eigenvalue weighted by atomic mass is 16.1. The average Bonchev–Trinajstić information content (AvgIpc) is 2.47. The van der Waals surface area contributed by atoms with Gasteiger partial charge in [-0.15, -0.1) is 0 Å². The predicted octanol–water partition coefficient (Wildman–Crippen LogP) is 3.98. The number of ketones is 2. The minimum absolute atomic E-state index is 0.0926. The molecule has 1 aliphatic rings. The van der Waals surface area contributed by atoms with E-state index < -0.39 is 0 Å². The van der Waals surface area contributed by atoms with Gasteiger partial charge in [0, 0.05) is 23.7 Å². The molecule has 112 valence electrons. The summed E-state index contributed by atoms with van der Waals surface area (Å²) in [5.41, 5.74) is 2.29. The molecule has 0 aromatic heterocycles. The molecule has 4 atom stereocenters. The third kappa shape index (κ3) is 2.39. The van der Waals surface area contributed by atoms with Gasteiger partial charge >= 0.3 is 0 Å². The fourth-order valence-corrected chi connectivity index (χ4v) is 3.94. The second-order valence-electron chi connectivity index (χ2n) is 6.15. The first-order valence-electron chi connectivity index (χ1n) is 7.72. The van der Waals surface area contributed by atoms with E-state index >= 15 is 0 Å². The molecule has 0 amide bonds. The molecule has 0 bridgehead atoms. The minimum atomic E-state index is -0.204. The maximum absolute atomic E-state index is 12.1. The first-order valence-corrected chi connectivity index (χ1v) is 7.72. The fraction of sp³-hybridized carbons (Fsp3) is 0.300. The molecule has 0 saturated heterocycles. The lowest BCUT2D eigenvalue weighted by atomic mass is 9.50. The van der Waals surface area contributed by atoms with Gasteiger partial charge in [0.1, 0.15) is 11.6 Å². The highest BCUT2D eigenvalue weighted by Gasteiger charge is 2.55. The van der Waals surface area contributed by atoms with E-state index in [0.29, 0.717) is 0 Å². The molecule has 0 radical (unpaired) electrons. The standard InChI is InChI=1S/C20H20O2/c1-13(21)17-18(14(2)22)20(16-11-7-4-8-12-16)19(17)15-9-5-3-6-10-15/h3-12,17-20H,1-2H3/t17-,18-,19+,20+/m0/s1. The number of Topliss-reactive ketones (excluding diaryl/α,β-unsaturated/α-hetero) is 2. The lowest BCUT2D eigenvalue weighted by Gasteiger charge is -2.50. The monoisotopic (exact) mass is 292 g/mol. The Kier molecular flexibility index (Phi) is 3.93. The van der Waals surface area contributed by atoms with Crippen LogP contribution in [0.4, 0.5) is 0 Å². The molecule has 1 fully saturated rings. The van der Waals surface area contributed by atoms with Gasteiger partial charge in [-0.05, 0) is 25.0 Å². The normalized spacial score (nSPS) is 27.0. The van der Waals surface area contributed by atoms with Crippen LogP contribution in [0, 0.1) is 11.8 Å². The molecule has 0 heterocycles. The molecule has 0 unspecified atom stereocenters. The molecule has 0 spiro atoms. The van der Waals surface area contributed by atoms with E-state index in [-0.39, 0.29) is 35.2 Å². The maximum atomic E-state index is 12.1. The Labute approximate surface area is 131 Å². The lowest BCUT2D eigenvalue weighted by Crippen LogP contribution is -2.50. The number of benzene rings is 2. The van der Waals surface area contributed by atoms with Crippen molar-refractivity contribution >= 4 is 11.6 Å². The Morgan fingerprint density at radius 1 is 0.636 bits per heavy atom. The summed E-state index contributed by atoms with van der Waals surface area (Å²) in [5.74, 6) is 0.00248. The maximum Gasteiger partial charge on any atom is 0.134 e. The van der Waals surface area contributed by atoms with Gasteiger partial charge in [-0.25, -0.2) is 0 Å². The minimum Gasteiger partial charge on any atom is -0.300 e. The molecule has 2 heteroatoms. The molecule has 3 rings (SSSR count). The summed E-state index contributed by atoms with van der Waals surface area (Å²) >= 11 is 0. The molecule has 0 aliphatic heterocycles. The van der Waals surface area contributed by atoms with Gasteiger partial charge in [0.25, 0.3) is 0 Å². The van der Waals surface area contributed by atoms with Crippen LogP contribution >= 0.6 is 0 Å². The number of carbonyl (C=O) groups is 2. The van der Waals surface area contributed by atoms with E-state index in [0.717, 1.165) is 11.1 Å². The number of hydrogen-bond acceptors (Lipinski definition) is 2. The van der Waals surface area contributed by atoms with Crippen molar-refractivity contribution < 1.29 is 9.59 Å². The van der Waals surface area contributed by atoms with Crippen LogP contribution in [0.5, 0.6) is 0 Å². The third-order valence-electron chi connectivity index (χ3n) is 4.86. The molecular weight excluding hydrogens is 272 g/mol. The van der Waals surface area contributed by atoms with Crippen molar-refractivity contribution in [2.75, 3.05) is 0 Å². The molecule has 1 aliphatic carbocycles. The van der Waals surface area contributed by atoms with Crippen LogP contribution in [0.1, 0.15) is 36.8 Å². The largest absolute Gasteiger partial charge is 0.300 e. The lowest BCUT2D eigenvalue weighted by molar-refractivity contribution is -0.139. The van der Waals surface area contributed by atoms with Crippen molar-refractivity contribution in [1.29, 1.82) is 0 Å². The SMILES string of the molecule is CC(=O)[C@H]1[C@H](C(C)=O)[C@@H](c2ccccc2)[C@@H]1c1ccccc1. The van der Waals surface area contributed by atoms with Crippen LogP contribution in [0.15, 0.2) is 60.7 Å². The smallest absolute Gasteiger partial charge is 0.134 e. The summed E-state index contributed by atoms with van der Waals surface area (Å²) in [6.45, 7) is 3.22. The highest BCUT2D eigenvalue weighted by molar-refractivity contribution is 5.91. The van der Waals surface area contributed by atoms with Gasteiger partial charge in [-0.2, -0.15) is 0 Å². The van der Waals surface area contributed by atoms with Crippen LogP contribution in [0.3, 0.4) is 0 Å². The molecule has 2 aromatic rings. The van der Waals surface area contributed by atoms with E-state index in [9.17, 15) is 9.59 Å². The topological polar surface area (TPSA) is 34.1 Å². The van der Waals surface area contributed by atoms with Crippen LogP contribution < -0.4 is 0 Å². The van der Waals surface area contributed by atoms with Crippen molar-refractivity contribution in [2.24, 2.45) is 11.8 Å². The summed E-state index contributed by atoms with van der Waals surface area (Å²) in [6.07, 6.45) is 0. The van der Waals surface area contributed by atoms with Gasteiger partial charge < -0.3 is 0 Å². The van der Waals surface area contributed by atoms with Crippen molar-refractivity contribution in [3.8, 4) is 0 Å². The molecule has 2 aromatic carbocycles. The molecule has 0 N–H and O–H groups in total. The summed E-state index contributed by atoms with van der Waals surface area (Å²) in [6, 6.07) is 20.2. The zero-order valence-corrected chi connectivity index (χ0v) is 12.9. The van der Waals surface area contributed by atoms with E-state index in [1.165, 1.54) is 0 Å². The number of rotatable bonds is 4. The Morgan fingerprint density at radius 3 is 1.23 bits per heavy atom. The molecular formula is C20H20O2. The summed E-state index contributed by atoms with van der Waals surface area (Å²) in [5, 5.41) is 0. The van der Waals surface area contributed by atoms with E-state index in [4.69, 9.17) is 0 Å². The Morgan fingerprint density at radius 2 is 0.955 bits per heavy atom. The zero-order valence-electron chi connectivity index (χ0n) is 12.9. The van der Waals surface area contributed by atoms with Crippen LogP contribution in [-0.4, -0.2) is 11.6 Å². The second-order valence-corrected chi connectivity index (χ2v) is 6.15. The first kappa shape index (κ1) is 14.7. The van der Waals surface area contributed by atoms with Crippen LogP contribution in [0.2, 0.25) is 0 Å². The van der Waals surface area contributed by atoms with Crippen molar-refractivity contribution in [3.05, 3.63) is 71.8 Å². The average molecular weight is 292 g/mol. The third-order valence-corrected chi connectivity index (χ3v) is 4.86. The van der Waals surface area contributed by atoms with Gasteiger partial charge in [0.2, 0.25) is 0 Å². The van der Waals surface area contributed by atoms with Crippen LogP contribution in [-0.2, 0) is 9.59 Å². The summed E-state index contributed by atoms with van der Waals surface area (Å²) in [7, 11) is 0. The number of carbonyl (C=O) groups excluding carboxylic acids is 2. The zero-order chi connectivity index (χ0) is 15.7. The highest BCUT2D eigenvalue weighted by Crippen LogP contribution is 2.58. The van der Waals surface area contributed by atoms with Crippen LogP contribution in [0.25, 0.3) is 0 Å². The summed E-state index contributed by atoms with van der Waals surface area (Å²) < 4.78 is 0. The first-order chi connectivity index (χ1) is 10.6. The van der Waals surface area contributed by atoms with Crippen molar-refractivity contribution in [1.82, 2.24) is 0 Å². The van der Waals surface area contributed by atoms with Crippen molar-refractivity contribution in [3.63, 3.8) is 0 Å². The van der Waals surface area contributed by atoms with E-state index in [1.54, 1.807) is 13.8 Å². The van der Waals surface area contributed by atoms with Gasteiger partial charge in [0.05, 0.1) is 0 Å². The Hall–Kier alpha value is -2.22. The van der Waals surface area contributed by atoms with Crippen molar-refractivity contribution in [2.45, 2.75) is 25.7 Å². The second kappa shape index (κ2) is 5.88. The van der Waals surface area contributed by atoms with E-state index in [1.807, 2.05) is 36.4 Å².